The zero-order chi connectivity index (χ0) is 16.2. The summed E-state index contributed by atoms with van der Waals surface area (Å²) < 4.78 is 0. The lowest BCUT2D eigenvalue weighted by Gasteiger charge is -2.26. The molecule has 6 heteroatoms. The Morgan fingerprint density at radius 2 is 1.95 bits per heavy atom. The maximum absolute atomic E-state index is 10.7. The fraction of sp³-hybridized carbons (Fsp3) is 0.438. The molecule has 2 aromatic rings. The van der Waals surface area contributed by atoms with Gasteiger partial charge in [0, 0.05) is 17.3 Å². The van der Waals surface area contributed by atoms with Gasteiger partial charge in [0.15, 0.2) is 0 Å². The number of unbranched alkanes of at least 4 members (excludes halogenated alkanes) is 1. The van der Waals surface area contributed by atoms with Crippen LogP contribution in [0.3, 0.4) is 0 Å². The number of carbonyl (C=O) groups is 1. The monoisotopic (exact) mass is 301 g/mol. The van der Waals surface area contributed by atoms with Gasteiger partial charge in [0.25, 0.3) is 0 Å². The van der Waals surface area contributed by atoms with Crippen molar-refractivity contribution in [3.8, 4) is 0 Å². The second-order valence-electron chi connectivity index (χ2n) is 6.13. The molecule has 118 valence electrons. The minimum atomic E-state index is -0.253. The third-order valence-electron chi connectivity index (χ3n) is 3.56. The SMILES string of the molecule is CC(C)(CCCCC(N)=O)Nc1nc(N)c2ccccc2n1. The Bertz CT molecular complexity index is 669. The molecule has 1 aromatic carbocycles. The number of nitrogens with two attached hydrogens (primary N) is 2. The highest BCUT2D eigenvalue weighted by Gasteiger charge is 2.19. The van der Waals surface area contributed by atoms with Crippen LogP contribution in [0.1, 0.15) is 39.5 Å². The normalized spacial score (nSPS) is 11.5. The van der Waals surface area contributed by atoms with Crippen LogP contribution in [0.25, 0.3) is 10.9 Å². The van der Waals surface area contributed by atoms with E-state index in [4.69, 9.17) is 11.5 Å². The molecule has 0 atom stereocenters. The summed E-state index contributed by atoms with van der Waals surface area (Å²) in [7, 11) is 0. The molecule has 0 aliphatic carbocycles. The van der Waals surface area contributed by atoms with Crippen LogP contribution in [-0.2, 0) is 4.79 Å². The van der Waals surface area contributed by atoms with Crippen molar-refractivity contribution in [2.75, 3.05) is 11.1 Å². The number of carbonyl (C=O) groups excluding carboxylic acids is 1. The van der Waals surface area contributed by atoms with Crippen LogP contribution in [0.4, 0.5) is 11.8 Å². The van der Waals surface area contributed by atoms with Gasteiger partial charge in [-0.2, -0.15) is 4.98 Å². The van der Waals surface area contributed by atoms with Crippen LogP contribution in [0, 0.1) is 0 Å². The van der Waals surface area contributed by atoms with E-state index >= 15 is 0 Å². The van der Waals surface area contributed by atoms with Crippen molar-refractivity contribution in [3.63, 3.8) is 0 Å². The minimum absolute atomic E-state index is 0.188. The summed E-state index contributed by atoms with van der Waals surface area (Å²) in [5, 5.41) is 4.17. The van der Waals surface area contributed by atoms with Crippen LogP contribution >= 0.6 is 0 Å². The Morgan fingerprint density at radius 3 is 2.68 bits per heavy atom. The second kappa shape index (κ2) is 6.60. The number of amides is 1. The summed E-state index contributed by atoms with van der Waals surface area (Å²) >= 11 is 0. The molecule has 0 unspecified atom stereocenters. The molecule has 0 aliphatic heterocycles. The molecule has 0 spiro atoms. The molecule has 6 nitrogen and oxygen atoms in total. The first-order valence-corrected chi connectivity index (χ1v) is 7.46. The summed E-state index contributed by atoms with van der Waals surface area (Å²) in [5.41, 5.74) is 11.8. The molecule has 0 saturated heterocycles. The Kier molecular flexibility index (Phi) is 4.80. The molecule has 2 rings (SSSR count). The summed E-state index contributed by atoms with van der Waals surface area (Å²) in [6.45, 7) is 4.15. The number of hydrogen-bond donors (Lipinski definition) is 3. The topological polar surface area (TPSA) is 107 Å². The lowest BCUT2D eigenvalue weighted by molar-refractivity contribution is -0.118. The Morgan fingerprint density at radius 1 is 1.23 bits per heavy atom. The number of rotatable bonds is 7. The summed E-state index contributed by atoms with van der Waals surface area (Å²) in [6.07, 6.45) is 3.01. The van der Waals surface area contributed by atoms with Crippen molar-refractivity contribution in [2.45, 2.75) is 45.1 Å². The fourth-order valence-electron chi connectivity index (χ4n) is 2.39. The predicted octanol–water partition coefficient (Wildman–Crippen LogP) is 2.45. The zero-order valence-corrected chi connectivity index (χ0v) is 13.1. The number of anilines is 2. The smallest absolute Gasteiger partial charge is 0.225 e. The standard InChI is InChI=1S/C16H23N5O/c1-16(2,10-6-5-9-13(17)22)21-15-19-12-8-4-3-7-11(12)14(18)20-15/h3-4,7-8H,5-6,9-10H2,1-2H3,(H2,17,22)(H3,18,19,20,21). The number of primary amides is 1. The van der Waals surface area contributed by atoms with Crippen molar-refractivity contribution in [3.05, 3.63) is 24.3 Å². The molecule has 0 aliphatic rings. The molecule has 5 N–H and O–H groups in total. The summed E-state index contributed by atoms with van der Waals surface area (Å²) in [6, 6.07) is 7.66. The first-order valence-electron chi connectivity index (χ1n) is 7.46. The third kappa shape index (κ3) is 4.31. The number of para-hydroxylation sites is 1. The van der Waals surface area contributed by atoms with Gasteiger partial charge < -0.3 is 16.8 Å². The number of nitrogen functional groups attached to an aromatic ring is 1. The van der Waals surface area contributed by atoms with E-state index in [1.807, 2.05) is 24.3 Å². The van der Waals surface area contributed by atoms with Crippen LogP contribution in [-0.4, -0.2) is 21.4 Å². The van der Waals surface area contributed by atoms with E-state index in [-0.39, 0.29) is 11.4 Å². The number of hydrogen-bond acceptors (Lipinski definition) is 5. The van der Waals surface area contributed by atoms with Crippen molar-refractivity contribution in [2.24, 2.45) is 5.73 Å². The van der Waals surface area contributed by atoms with Gasteiger partial charge in [-0.3, -0.25) is 4.79 Å². The van der Waals surface area contributed by atoms with Gasteiger partial charge in [-0.05, 0) is 38.8 Å². The van der Waals surface area contributed by atoms with E-state index in [2.05, 4.69) is 29.1 Å². The fourth-order valence-corrected chi connectivity index (χ4v) is 2.39. The Balaban J connectivity index is 2.04. The highest BCUT2D eigenvalue weighted by Crippen LogP contribution is 2.23. The lowest BCUT2D eigenvalue weighted by Crippen LogP contribution is -2.32. The predicted molar refractivity (Wildman–Crippen MR) is 89.3 cm³/mol. The van der Waals surface area contributed by atoms with Gasteiger partial charge in [0.2, 0.25) is 11.9 Å². The molecule has 1 aromatic heterocycles. The second-order valence-corrected chi connectivity index (χ2v) is 6.13. The largest absolute Gasteiger partial charge is 0.383 e. The number of fused-ring (bicyclic) bond motifs is 1. The highest BCUT2D eigenvalue weighted by atomic mass is 16.1. The Labute approximate surface area is 130 Å². The quantitative estimate of drug-likeness (QED) is 0.681. The zero-order valence-electron chi connectivity index (χ0n) is 13.1. The molecule has 0 fully saturated rings. The number of aromatic nitrogens is 2. The van der Waals surface area contributed by atoms with Gasteiger partial charge in [-0.1, -0.05) is 18.6 Å². The van der Waals surface area contributed by atoms with E-state index in [0.717, 1.165) is 30.2 Å². The molecule has 1 heterocycles. The highest BCUT2D eigenvalue weighted by molar-refractivity contribution is 5.88. The average molecular weight is 301 g/mol. The first-order chi connectivity index (χ1) is 10.4. The van der Waals surface area contributed by atoms with Crippen molar-refractivity contribution in [1.82, 2.24) is 9.97 Å². The van der Waals surface area contributed by atoms with E-state index in [1.54, 1.807) is 0 Å². The molecular formula is C16H23N5O. The van der Waals surface area contributed by atoms with Crippen molar-refractivity contribution < 1.29 is 4.79 Å². The van der Waals surface area contributed by atoms with E-state index in [0.29, 0.717) is 18.2 Å². The van der Waals surface area contributed by atoms with Gasteiger partial charge in [-0.15, -0.1) is 0 Å². The molecule has 0 saturated carbocycles. The van der Waals surface area contributed by atoms with Crippen LogP contribution in [0.2, 0.25) is 0 Å². The van der Waals surface area contributed by atoms with Gasteiger partial charge in [0.05, 0.1) is 5.52 Å². The summed E-state index contributed by atoms with van der Waals surface area (Å²) in [4.78, 5) is 19.6. The Hall–Kier alpha value is -2.37. The minimum Gasteiger partial charge on any atom is -0.383 e. The molecule has 0 bridgehead atoms. The maximum Gasteiger partial charge on any atom is 0.225 e. The molecule has 22 heavy (non-hydrogen) atoms. The van der Waals surface area contributed by atoms with Gasteiger partial charge >= 0.3 is 0 Å². The van der Waals surface area contributed by atoms with Crippen molar-refractivity contribution >= 4 is 28.6 Å². The van der Waals surface area contributed by atoms with E-state index in [9.17, 15) is 4.79 Å². The van der Waals surface area contributed by atoms with Crippen LogP contribution in [0.15, 0.2) is 24.3 Å². The van der Waals surface area contributed by atoms with E-state index < -0.39 is 0 Å². The molecular weight excluding hydrogens is 278 g/mol. The molecule has 0 radical (unpaired) electrons. The number of nitrogens with one attached hydrogen (secondary N) is 1. The van der Waals surface area contributed by atoms with Crippen molar-refractivity contribution in [1.29, 1.82) is 0 Å². The van der Waals surface area contributed by atoms with Gasteiger partial charge in [-0.25, -0.2) is 4.98 Å². The maximum atomic E-state index is 10.7. The first kappa shape index (κ1) is 16.0. The van der Waals surface area contributed by atoms with Gasteiger partial charge in [0.1, 0.15) is 5.82 Å². The molecule has 1 amide bonds. The van der Waals surface area contributed by atoms with Crippen LogP contribution in [0.5, 0.6) is 0 Å². The van der Waals surface area contributed by atoms with Crippen LogP contribution < -0.4 is 16.8 Å². The number of nitrogens with zero attached hydrogens (tertiary/aromatic N) is 2. The van der Waals surface area contributed by atoms with E-state index in [1.165, 1.54) is 0 Å². The number of benzene rings is 1. The lowest BCUT2D eigenvalue weighted by atomic mass is 9.97. The third-order valence-corrected chi connectivity index (χ3v) is 3.56. The average Bonchev–Trinajstić information content (AvgIpc) is 2.43. The summed E-state index contributed by atoms with van der Waals surface area (Å²) in [5.74, 6) is 0.741.